The second kappa shape index (κ2) is 3.53. The number of ether oxygens (including phenoxy) is 1. The standard InChI is InChI=1S/C10H8N2O3/c1-15-8-3-2-7(10(13)12-14)6-4-5-11-9(6)8/h2-5,11H,1H3. The summed E-state index contributed by atoms with van der Waals surface area (Å²) in [6.45, 7) is 0. The summed E-state index contributed by atoms with van der Waals surface area (Å²) in [5, 5.41) is 3.04. The molecule has 0 aliphatic heterocycles. The van der Waals surface area contributed by atoms with Gasteiger partial charge in [0.1, 0.15) is 5.75 Å². The molecule has 0 radical (unpaired) electrons. The van der Waals surface area contributed by atoms with E-state index in [9.17, 15) is 9.70 Å². The van der Waals surface area contributed by atoms with Crippen LogP contribution in [0.1, 0.15) is 10.4 Å². The van der Waals surface area contributed by atoms with Gasteiger partial charge in [-0.2, -0.15) is 0 Å². The largest absolute Gasteiger partial charge is 0.495 e. The molecule has 0 unspecified atom stereocenters. The van der Waals surface area contributed by atoms with Crippen LogP contribution in [-0.2, 0) is 0 Å². The number of nitrogens with zero attached hydrogens (tertiary/aromatic N) is 1. The number of nitrogens with one attached hydrogen (secondary N) is 1. The summed E-state index contributed by atoms with van der Waals surface area (Å²) in [4.78, 5) is 24.3. The lowest BCUT2D eigenvalue weighted by Crippen LogP contribution is -1.95. The van der Waals surface area contributed by atoms with E-state index >= 15 is 0 Å². The molecule has 0 saturated heterocycles. The van der Waals surface area contributed by atoms with Gasteiger partial charge in [0.2, 0.25) is 0 Å². The second-order valence-electron chi connectivity index (χ2n) is 2.98. The maximum Gasteiger partial charge on any atom is 0.317 e. The smallest absolute Gasteiger partial charge is 0.317 e. The number of fused-ring (bicyclic) bond motifs is 1. The minimum atomic E-state index is -0.776. The van der Waals surface area contributed by atoms with Gasteiger partial charge < -0.3 is 9.72 Å². The molecule has 76 valence electrons. The monoisotopic (exact) mass is 204 g/mol. The topological polar surface area (TPSA) is 71.5 Å². The fraction of sp³-hybridized carbons (Fsp3) is 0.100. The predicted molar refractivity (Wildman–Crippen MR) is 55.0 cm³/mol. The molecule has 1 aromatic heterocycles. The quantitative estimate of drug-likeness (QED) is 0.761. The fourth-order valence-corrected chi connectivity index (χ4v) is 1.54. The predicted octanol–water partition coefficient (Wildman–Crippen LogP) is 2.08. The highest BCUT2D eigenvalue weighted by Crippen LogP contribution is 2.27. The molecule has 0 spiro atoms. The molecule has 2 rings (SSSR count). The molecule has 0 aliphatic carbocycles. The first-order valence-electron chi connectivity index (χ1n) is 4.29. The number of benzene rings is 1. The number of aromatic amines is 1. The van der Waals surface area contributed by atoms with Crippen LogP contribution in [0.25, 0.3) is 10.9 Å². The normalized spacial score (nSPS) is 10.2. The number of H-pyrrole nitrogens is 1. The highest BCUT2D eigenvalue weighted by molar-refractivity contribution is 6.08. The van der Waals surface area contributed by atoms with Crippen LogP contribution >= 0.6 is 0 Å². The third-order valence-corrected chi connectivity index (χ3v) is 2.22. The van der Waals surface area contributed by atoms with Gasteiger partial charge in [-0.05, 0) is 18.2 Å². The Labute approximate surface area is 85.0 Å². The summed E-state index contributed by atoms with van der Waals surface area (Å²) in [7, 11) is 1.54. The summed E-state index contributed by atoms with van der Waals surface area (Å²) in [6, 6.07) is 4.85. The number of nitroso groups, excluding NO2 is 1. The molecule has 5 nitrogen and oxygen atoms in total. The van der Waals surface area contributed by atoms with Crippen LogP contribution < -0.4 is 4.74 Å². The van der Waals surface area contributed by atoms with Crippen LogP contribution in [0.4, 0.5) is 0 Å². The van der Waals surface area contributed by atoms with E-state index in [1.54, 1.807) is 18.3 Å². The Kier molecular flexibility index (Phi) is 2.21. The first-order chi connectivity index (χ1) is 7.27. The van der Waals surface area contributed by atoms with Gasteiger partial charge in [0.05, 0.1) is 18.2 Å². The Balaban J connectivity index is 2.73. The lowest BCUT2D eigenvalue weighted by Gasteiger charge is -2.03. The van der Waals surface area contributed by atoms with Crippen molar-refractivity contribution < 1.29 is 9.53 Å². The van der Waals surface area contributed by atoms with Crippen molar-refractivity contribution in [2.45, 2.75) is 0 Å². The number of aromatic nitrogens is 1. The number of amides is 1. The van der Waals surface area contributed by atoms with E-state index in [4.69, 9.17) is 4.74 Å². The van der Waals surface area contributed by atoms with E-state index in [0.717, 1.165) is 0 Å². The third-order valence-electron chi connectivity index (χ3n) is 2.22. The number of hydrogen-bond acceptors (Lipinski definition) is 3. The number of carbonyl (C=O) groups is 1. The van der Waals surface area contributed by atoms with E-state index in [-0.39, 0.29) is 5.56 Å². The first-order valence-corrected chi connectivity index (χ1v) is 4.29. The highest BCUT2D eigenvalue weighted by Gasteiger charge is 2.13. The van der Waals surface area contributed by atoms with E-state index in [1.807, 2.05) is 0 Å². The van der Waals surface area contributed by atoms with Crippen molar-refractivity contribution in [1.82, 2.24) is 4.98 Å². The van der Waals surface area contributed by atoms with E-state index < -0.39 is 5.91 Å². The summed E-state index contributed by atoms with van der Waals surface area (Å²) in [5.74, 6) is -0.153. The van der Waals surface area contributed by atoms with Crippen molar-refractivity contribution in [3.8, 4) is 5.75 Å². The molecule has 5 heteroatoms. The fourth-order valence-electron chi connectivity index (χ4n) is 1.54. The lowest BCUT2D eigenvalue weighted by atomic mass is 10.1. The van der Waals surface area contributed by atoms with Gasteiger partial charge in [-0.3, -0.25) is 4.79 Å². The van der Waals surface area contributed by atoms with Gasteiger partial charge in [-0.1, -0.05) is 0 Å². The van der Waals surface area contributed by atoms with Crippen LogP contribution in [0.15, 0.2) is 29.6 Å². The molecule has 0 aliphatic rings. The van der Waals surface area contributed by atoms with Crippen LogP contribution in [0.2, 0.25) is 0 Å². The molecular weight excluding hydrogens is 196 g/mol. The second-order valence-corrected chi connectivity index (χ2v) is 2.98. The Morgan fingerprint density at radius 1 is 1.40 bits per heavy atom. The zero-order valence-electron chi connectivity index (χ0n) is 7.98. The number of hydrogen-bond donors (Lipinski definition) is 1. The van der Waals surface area contributed by atoms with Crippen LogP contribution in [0.5, 0.6) is 5.75 Å². The zero-order valence-corrected chi connectivity index (χ0v) is 7.98. The molecule has 1 aromatic carbocycles. The summed E-state index contributed by atoms with van der Waals surface area (Å²) < 4.78 is 5.10. The van der Waals surface area contributed by atoms with Gasteiger partial charge in [-0.25, -0.2) is 0 Å². The summed E-state index contributed by atoms with van der Waals surface area (Å²) in [6.07, 6.45) is 1.68. The molecule has 1 amide bonds. The molecule has 15 heavy (non-hydrogen) atoms. The average Bonchev–Trinajstić information content (AvgIpc) is 2.75. The minimum Gasteiger partial charge on any atom is -0.495 e. The SMILES string of the molecule is COc1ccc(C(=O)N=O)c2cc[nH]c12. The third kappa shape index (κ3) is 1.38. The molecular formula is C10H8N2O3. The molecule has 0 bridgehead atoms. The van der Waals surface area contributed by atoms with E-state index in [1.165, 1.54) is 13.2 Å². The van der Waals surface area contributed by atoms with Gasteiger partial charge in [-0.15, -0.1) is 4.91 Å². The zero-order chi connectivity index (χ0) is 10.8. The minimum absolute atomic E-state index is 0.280. The number of carbonyl (C=O) groups excluding carboxylic acids is 1. The van der Waals surface area contributed by atoms with Crippen molar-refractivity contribution in [2.24, 2.45) is 5.18 Å². The lowest BCUT2D eigenvalue weighted by molar-refractivity contribution is 0.100. The van der Waals surface area contributed by atoms with Crippen molar-refractivity contribution in [3.05, 3.63) is 34.9 Å². The van der Waals surface area contributed by atoms with Crippen LogP contribution in [0, 0.1) is 4.91 Å². The Morgan fingerprint density at radius 2 is 2.20 bits per heavy atom. The highest BCUT2D eigenvalue weighted by atomic mass is 16.5. The van der Waals surface area contributed by atoms with Gasteiger partial charge >= 0.3 is 5.91 Å². The van der Waals surface area contributed by atoms with Gasteiger partial charge in [0.25, 0.3) is 0 Å². The molecule has 2 aromatic rings. The molecule has 1 heterocycles. The molecule has 0 atom stereocenters. The first kappa shape index (κ1) is 9.39. The maximum atomic E-state index is 11.2. The summed E-state index contributed by atoms with van der Waals surface area (Å²) in [5.41, 5.74) is 0.967. The van der Waals surface area contributed by atoms with Crippen LogP contribution in [-0.4, -0.2) is 18.0 Å². The van der Waals surface area contributed by atoms with E-state index in [2.05, 4.69) is 10.2 Å². The van der Waals surface area contributed by atoms with Crippen molar-refractivity contribution in [1.29, 1.82) is 0 Å². The van der Waals surface area contributed by atoms with Crippen LogP contribution in [0.3, 0.4) is 0 Å². The Bertz CT molecular complexity index is 530. The van der Waals surface area contributed by atoms with Crippen molar-refractivity contribution in [2.75, 3.05) is 7.11 Å². The average molecular weight is 204 g/mol. The Hall–Kier alpha value is -2.17. The number of rotatable bonds is 2. The van der Waals surface area contributed by atoms with Gasteiger partial charge in [0.15, 0.2) is 0 Å². The Morgan fingerprint density at radius 3 is 2.87 bits per heavy atom. The molecule has 1 N–H and O–H groups in total. The number of methoxy groups -OCH3 is 1. The molecule has 0 saturated carbocycles. The maximum absolute atomic E-state index is 11.2. The molecule has 0 fully saturated rings. The van der Waals surface area contributed by atoms with Crippen molar-refractivity contribution >= 4 is 16.8 Å². The summed E-state index contributed by atoms with van der Waals surface area (Å²) >= 11 is 0. The van der Waals surface area contributed by atoms with E-state index in [0.29, 0.717) is 16.7 Å². The van der Waals surface area contributed by atoms with Gasteiger partial charge in [0, 0.05) is 16.8 Å². The van der Waals surface area contributed by atoms with Crippen molar-refractivity contribution in [3.63, 3.8) is 0 Å².